The molecule has 24 heavy (non-hydrogen) atoms. The van der Waals surface area contributed by atoms with Crippen molar-refractivity contribution in [3.63, 3.8) is 0 Å². The number of para-hydroxylation sites is 1. The van der Waals surface area contributed by atoms with Gasteiger partial charge in [-0.2, -0.15) is 5.26 Å². The van der Waals surface area contributed by atoms with E-state index in [0.29, 0.717) is 5.56 Å². The normalized spacial score (nSPS) is 21.9. The highest BCUT2D eigenvalue weighted by atomic mass is 16.5. The van der Waals surface area contributed by atoms with Crippen molar-refractivity contribution in [1.82, 2.24) is 5.32 Å². The number of hydrogen-bond acceptors (Lipinski definition) is 3. The summed E-state index contributed by atoms with van der Waals surface area (Å²) in [7, 11) is 0. The van der Waals surface area contributed by atoms with Crippen LogP contribution in [0.3, 0.4) is 0 Å². The molecule has 3 heteroatoms. The smallest absolute Gasteiger partial charge is 0.124 e. The van der Waals surface area contributed by atoms with Gasteiger partial charge in [-0.15, -0.1) is 0 Å². The van der Waals surface area contributed by atoms with Crippen LogP contribution >= 0.6 is 0 Å². The van der Waals surface area contributed by atoms with Gasteiger partial charge in [0, 0.05) is 24.1 Å². The van der Waals surface area contributed by atoms with Gasteiger partial charge in [-0.3, -0.25) is 0 Å². The SMILES string of the molecule is CC(NC1CC2(CCC2)Oc2ccccc21)c1cccc(C#N)c1. The molecule has 2 aliphatic rings. The molecule has 2 aromatic carbocycles. The zero-order valence-electron chi connectivity index (χ0n) is 14.0. The maximum Gasteiger partial charge on any atom is 0.124 e. The lowest BCUT2D eigenvalue weighted by Crippen LogP contribution is -2.49. The third kappa shape index (κ3) is 2.68. The maximum atomic E-state index is 9.12. The van der Waals surface area contributed by atoms with E-state index in [1.54, 1.807) is 0 Å². The van der Waals surface area contributed by atoms with E-state index in [9.17, 15) is 0 Å². The van der Waals surface area contributed by atoms with E-state index in [1.165, 1.54) is 12.0 Å². The Bertz CT molecular complexity index is 788. The van der Waals surface area contributed by atoms with Gasteiger partial charge in [-0.05, 0) is 49.9 Å². The van der Waals surface area contributed by atoms with Gasteiger partial charge in [0.1, 0.15) is 11.4 Å². The molecule has 3 nitrogen and oxygen atoms in total. The molecule has 0 amide bonds. The Labute approximate surface area is 143 Å². The highest BCUT2D eigenvalue weighted by molar-refractivity contribution is 5.40. The highest BCUT2D eigenvalue weighted by Gasteiger charge is 2.45. The van der Waals surface area contributed by atoms with E-state index >= 15 is 0 Å². The summed E-state index contributed by atoms with van der Waals surface area (Å²) in [6.45, 7) is 2.17. The second kappa shape index (κ2) is 5.96. The molecule has 1 aliphatic heterocycles. The minimum Gasteiger partial charge on any atom is -0.487 e. The number of nitrogens with one attached hydrogen (secondary N) is 1. The van der Waals surface area contributed by atoms with Crippen molar-refractivity contribution >= 4 is 0 Å². The Hall–Kier alpha value is -2.31. The van der Waals surface area contributed by atoms with Crippen LogP contribution in [0.25, 0.3) is 0 Å². The molecule has 0 radical (unpaired) electrons. The predicted molar refractivity (Wildman–Crippen MR) is 93.7 cm³/mol. The van der Waals surface area contributed by atoms with E-state index in [4.69, 9.17) is 10.00 Å². The van der Waals surface area contributed by atoms with Gasteiger partial charge in [-0.1, -0.05) is 30.3 Å². The fourth-order valence-electron chi connectivity index (χ4n) is 3.92. The van der Waals surface area contributed by atoms with Crippen molar-refractivity contribution in [2.75, 3.05) is 0 Å². The number of nitrogens with zero attached hydrogens (tertiary/aromatic N) is 1. The number of benzene rings is 2. The summed E-state index contributed by atoms with van der Waals surface area (Å²) in [6.07, 6.45) is 4.58. The van der Waals surface area contributed by atoms with Crippen molar-refractivity contribution in [1.29, 1.82) is 5.26 Å². The molecule has 1 aliphatic carbocycles. The summed E-state index contributed by atoms with van der Waals surface area (Å²) in [6, 6.07) is 18.9. The fourth-order valence-corrected chi connectivity index (χ4v) is 3.92. The van der Waals surface area contributed by atoms with Crippen LogP contribution in [0.1, 0.15) is 61.4 Å². The summed E-state index contributed by atoms with van der Waals surface area (Å²) < 4.78 is 6.33. The van der Waals surface area contributed by atoms with Crippen LogP contribution < -0.4 is 10.1 Å². The molecule has 1 fully saturated rings. The van der Waals surface area contributed by atoms with Gasteiger partial charge in [0.2, 0.25) is 0 Å². The van der Waals surface area contributed by atoms with Gasteiger partial charge < -0.3 is 10.1 Å². The zero-order valence-corrected chi connectivity index (χ0v) is 14.0. The summed E-state index contributed by atoms with van der Waals surface area (Å²) in [5.41, 5.74) is 3.14. The number of hydrogen-bond donors (Lipinski definition) is 1. The van der Waals surface area contributed by atoms with E-state index in [0.717, 1.165) is 30.6 Å². The Kier molecular flexibility index (Phi) is 3.78. The van der Waals surface area contributed by atoms with Gasteiger partial charge in [0.05, 0.1) is 11.6 Å². The first-order valence-corrected chi connectivity index (χ1v) is 8.73. The summed E-state index contributed by atoms with van der Waals surface area (Å²) in [5, 5.41) is 12.9. The highest BCUT2D eigenvalue weighted by Crippen LogP contribution is 2.49. The Balaban J connectivity index is 1.60. The first-order chi connectivity index (χ1) is 11.7. The fraction of sp³-hybridized carbons (Fsp3) is 0.381. The summed E-state index contributed by atoms with van der Waals surface area (Å²) in [4.78, 5) is 0. The molecule has 2 aromatic rings. The van der Waals surface area contributed by atoms with Gasteiger partial charge in [0.15, 0.2) is 0 Å². The average Bonchev–Trinajstić information content (AvgIpc) is 2.60. The molecule has 1 spiro atoms. The van der Waals surface area contributed by atoms with Crippen LogP contribution in [0.2, 0.25) is 0 Å². The quantitative estimate of drug-likeness (QED) is 0.895. The topological polar surface area (TPSA) is 45.0 Å². The molecule has 2 atom stereocenters. The number of rotatable bonds is 3. The third-order valence-corrected chi connectivity index (χ3v) is 5.43. The molecular formula is C21H22N2O. The first kappa shape index (κ1) is 15.2. The lowest BCUT2D eigenvalue weighted by molar-refractivity contribution is -0.0378. The lowest BCUT2D eigenvalue weighted by atomic mass is 9.73. The van der Waals surface area contributed by atoms with Crippen LogP contribution in [-0.2, 0) is 0 Å². The second-order valence-corrected chi connectivity index (χ2v) is 7.06. The van der Waals surface area contributed by atoms with Gasteiger partial charge >= 0.3 is 0 Å². The molecule has 4 rings (SSSR count). The van der Waals surface area contributed by atoms with Crippen LogP contribution in [0.4, 0.5) is 0 Å². The molecule has 1 heterocycles. The second-order valence-electron chi connectivity index (χ2n) is 7.06. The minimum absolute atomic E-state index is 0.0280. The largest absolute Gasteiger partial charge is 0.487 e. The van der Waals surface area contributed by atoms with Crippen LogP contribution in [0.15, 0.2) is 48.5 Å². The Morgan fingerprint density at radius 2 is 2.04 bits per heavy atom. The number of nitriles is 1. The van der Waals surface area contributed by atoms with Crippen LogP contribution in [0, 0.1) is 11.3 Å². The summed E-state index contributed by atoms with van der Waals surface area (Å²) in [5.74, 6) is 1.03. The summed E-state index contributed by atoms with van der Waals surface area (Å²) >= 11 is 0. The molecule has 1 saturated carbocycles. The monoisotopic (exact) mass is 318 g/mol. The van der Waals surface area contributed by atoms with E-state index < -0.39 is 0 Å². The van der Waals surface area contributed by atoms with Gasteiger partial charge in [0.25, 0.3) is 0 Å². The molecule has 122 valence electrons. The van der Waals surface area contributed by atoms with Gasteiger partial charge in [-0.25, -0.2) is 0 Å². The average molecular weight is 318 g/mol. The molecule has 2 unspecified atom stereocenters. The molecule has 0 saturated heterocycles. The van der Waals surface area contributed by atoms with Crippen molar-refractivity contribution in [3.05, 3.63) is 65.2 Å². The standard InChI is InChI=1S/C21H22N2O/c1-15(17-7-4-6-16(12-17)14-22)23-19-13-21(10-5-11-21)24-20-9-3-2-8-18(19)20/h2-4,6-9,12,15,19,23H,5,10-11,13H2,1H3. The Morgan fingerprint density at radius 3 is 2.79 bits per heavy atom. The zero-order chi connectivity index (χ0) is 16.6. The minimum atomic E-state index is 0.0280. The van der Waals surface area contributed by atoms with Crippen molar-refractivity contribution in [2.45, 2.75) is 50.3 Å². The van der Waals surface area contributed by atoms with Crippen LogP contribution in [-0.4, -0.2) is 5.60 Å². The van der Waals surface area contributed by atoms with E-state index in [2.05, 4.69) is 42.6 Å². The lowest BCUT2D eigenvalue weighted by Gasteiger charge is -2.48. The molecule has 0 bridgehead atoms. The number of ether oxygens (including phenoxy) is 1. The molecule has 0 aromatic heterocycles. The predicted octanol–water partition coefficient (Wildman–Crippen LogP) is 4.66. The van der Waals surface area contributed by atoms with Crippen molar-refractivity contribution < 1.29 is 4.74 Å². The van der Waals surface area contributed by atoms with Crippen molar-refractivity contribution in [2.24, 2.45) is 0 Å². The molecular weight excluding hydrogens is 296 g/mol. The first-order valence-electron chi connectivity index (χ1n) is 8.73. The van der Waals surface area contributed by atoms with Crippen molar-refractivity contribution in [3.8, 4) is 11.8 Å². The molecule has 1 N–H and O–H groups in total. The third-order valence-electron chi connectivity index (χ3n) is 5.43. The van der Waals surface area contributed by atoms with Crippen LogP contribution in [0.5, 0.6) is 5.75 Å². The maximum absolute atomic E-state index is 9.12. The Morgan fingerprint density at radius 1 is 1.21 bits per heavy atom. The van der Waals surface area contributed by atoms with E-state index in [1.807, 2.05) is 24.3 Å². The number of fused-ring (bicyclic) bond motifs is 1. The van der Waals surface area contributed by atoms with E-state index in [-0.39, 0.29) is 17.7 Å².